The topological polar surface area (TPSA) is 54.4 Å². The molecule has 118 valence electrons. The highest BCUT2D eigenvalue weighted by atomic mass is 16.5. The molecule has 1 unspecified atom stereocenters. The number of β-amino-alcohol motifs (C(OH)–C–C–N with tert-alkyl or cyclic N) is 1. The van der Waals surface area contributed by atoms with Crippen molar-refractivity contribution in [1.82, 2.24) is 10.3 Å². The van der Waals surface area contributed by atoms with E-state index in [2.05, 4.69) is 31.1 Å². The van der Waals surface area contributed by atoms with Gasteiger partial charge in [0.2, 0.25) is 0 Å². The average molecular weight is 300 g/mol. The number of nitrogens with zero attached hydrogens (tertiary/aromatic N) is 1. The molecule has 0 spiro atoms. The van der Waals surface area contributed by atoms with Crippen LogP contribution < -0.4 is 10.1 Å². The maximum atomic E-state index is 10.2. The fraction of sp³-hybridized carbons (Fsp3) is 0.389. The van der Waals surface area contributed by atoms with E-state index in [0.717, 1.165) is 11.1 Å². The first-order valence-electron chi connectivity index (χ1n) is 7.49. The standard InChI is InChI=1S/C18H24N2O2/c1-18(2,3)20-12-17(21)15-9-16(11-19-10-15)22-13-14-7-5-4-6-8-14/h4-11,17,20-21H,12-13H2,1-3H3. The highest BCUT2D eigenvalue weighted by Crippen LogP contribution is 2.19. The third-order valence-electron chi connectivity index (χ3n) is 3.19. The molecule has 0 fully saturated rings. The van der Waals surface area contributed by atoms with Crippen LogP contribution in [0.4, 0.5) is 0 Å². The number of pyridine rings is 1. The lowest BCUT2D eigenvalue weighted by molar-refractivity contribution is 0.162. The molecule has 4 heteroatoms. The zero-order chi connectivity index (χ0) is 16.0. The lowest BCUT2D eigenvalue weighted by Crippen LogP contribution is -2.38. The van der Waals surface area contributed by atoms with Crippen LogP contribution >= 0.6 is 0 Å². The molecular formula is C18H24N2O2. The molecule has 0 radical (unpaired) electrons. The third-order valence-corrected chi connectivity index (χ3v) is 3.19. The molecule has 1 heterocycles. The number of hydrogen-bond donors (Lipinski definition) is 2. The van der Waals surface area contributed by atoms with Crippen molar-refractivity contribution in [2.75, 3.05) is 6.54 Å². The predicted octanol–water partition coefficient (Wildman–Crippen LogP) is 3.08. The van der Waals surface area contributed by atoms with Crippen molar-refractivity contribution < 1.29 is 9.84 Å². The monoisotopic (exact) mass is 300 g/mol. The Morgan fingerprint density at radius 1 is 1.18 bits per heavy atom. The number of ether oxygens (including phenoxy) is 1. The summed E-state index contributed by atoms with van der Waals surface area (Å²) in [5.74, 6) is 0.663. The molecule has 0 aliphatic carbocycles. The molecule has 0 saturated carbocycles. The van der Waals surface area contributed by atoms with E-state index in [0.29, 0.717) is 18.9 Å². The molecule has 2 N–H and O–H groups in total. The predicted molar refractivity (Wildman–Crippen MR) is 87.7 cm³/mol. The Kier molecular flexibility index (Phi) is 5.52. The molecule has 1 aromatic carbocycles. The summed E-state index contributed by atoms with van der Waals surface area (Å²) in [6, 6.07) is 11.8. The van der Waals surface area contributed by atoms with Crippen LogP contribution in [0.1, 0.15) is 38.0 Å². The first-order chi connectivity index (χ1) is 10.4. The summed E-state index contributed by atoms with van der Waals surface area (Å²) in [5, 5.41) is 13.5. The van der Waals surface area contributed by atoms with Gasteiger partial charge >= 0.3 is 0 Å². The van der Waals surface area contributed by atoms with Crippen molar-refractivity contribution in [2.45, 2.75) is 39.0 Å². The summed E-state index contributed by atoms with van der Waals surface area (Å²) < 4.78 is 5.73. The van der Waals surface area contributed by atoms with Crippen LogP contribution in [0.2, 0.25) is 0 Å². The lowest BCUT2D eigenvalue weighted by Gasteiger charge is -2.23. The summed E-state index contributed by atoms with van der Waals surface area (Å²) in [4.78, 5) is 4.15. The second-order valence-corrected chi connectivity index (χ2v) is 6.37. The van der Waals surface area contributed by atoms with E-state index in [1.54, 1.807) is 12.4 Å². The van der Waals surface area contributed by atoms with Crippen LogP contribution in [0.3, 0.4) is 0 Å². The number of aliphatic hydroxyl groups excluding tert-OH is 1. The zero-order valence-corrected chi connectivity index (χ0v) is 13.4. The Morgan fingerprint density at radius 2 is 1.91 bits per heavy atom. The van der Waals surface area contributed by atoms with Crippen molar-refractivity contribution in [3.05, 3.63) is 59.9 Å². The molecule has 0 bridgehead atoms. The number of benzene rings is 1. The lowest BCUT2D eigenvalue weighted by atomic mass is 10.1. The van der Waals surface area contributed by atoms with Crippen LogP contribution in [0.5, 0.6) is 5.75 Å². The third kappa shape index (κ3) is 5.47. The number of aromatic nitrogens is 1. The second kappa shape index (κ2) is 7.38. The molecule has 2 rings (SSSR count). The molecular weight excluding hydrogens is 276 g/mol. The minimum absolute atomic E-state index is 0.0319. The van der Waals surface area contributed by atoms with E-state index in [9.17, 15) is 5.11 Å². The van der Waals surface area contributed by atoms with Gasteiger partial charge in [-0.1, -0.05) is 30.3 Å². The zero-order valence-electron chi connectivity index (χ0n) is 13.4. The van der Waals surface area contributed by atoms with Crippen LogP contribution in [0.25, 0.3) is 0 Å². The Balaban J connectivity index is 1.94. The molecule has 0 aliphatic rings. The van der Waals surface area contributed by atoms with E-state index in [-0.39, 0.29) is 5.54 Å². The van der Waals surface area contributed by atoms with E-state index in [1.807, 2.05) is 36.4 Å². The fourth-order valence-electron chi connectivity index (χ4n) is 1.96. The van der Waals surface area contributed by atoms with Gasteiger partial charge in [0.05, 0.1) is 12.3 Å². The van der Waals surface area contributed by atoms with Gasteiger partial charge in [0.1, 0.15) is 12.4 Å². The number of nitrogens with one attached hydrogen (secondary N) is 1. The number of hydrogen-bond acceptors (Lipinski definition) is 4. The number of aliphatic hydroxyl groups is 1. The Morgan fingerprint density at radius 3 is 2.59 bits per heavy atom. The van der Waals surface area contributed by atoms with Crippen LogP contribution in [-0.2, 0) is 6.61 Å². The van der Waals surface area contributed by atoms with Gasteiger partial charge in [-0.05, 0) is 32.4 Å². The minimum Gasteiger partial charge on any atom is -0.487 e. The summed E-state index contributed by atoms with van der Waals surface area (Å²) >= 11 is 0. The van der Waals surface area contributed by atoms with Crippen molar-refractivity contribution in [3.8, 4) is 5.75 Å². The summed E-state index contributed by atoms with van der Waals surface area (Å²) in [7, 11) is 0. The number of rotatable bonds is 6. The first-order valence-corrected chi connectivity index (χ1v) is 7.49. The Bertz CT molecular complexity index is 579. The van der Waals surface area contributed by atoms with Gasteiger partial charge < -0.3 is 15.2 Å². The minimum atomic E-state index is -0.605. The van der Waals surface area contributed by atoms with E-state index in [4.69, 9.17) is 4.74 Å². The Labute approximate surface area is 132 Å². The van der Waals surface area contributed by atoms with Crippen molar-refractivity contribution >= 4 is 0 Å². The van der Waals surface area contributed by atoms with Gasteiger partial charge in [-0.2, -0.15) is 0 Å². The highest BCUT2D eigenvalue weighted by Gasteiger charge is 2.14. The van der Waals surface area contributed by atoms with Crippen molar-refractivity contribution in [1.29, 1.82) is 0 Å². The largest absolute Gasteiger partial charge is 0.487 e. The molecule has 1 aromatic heterocycles. The van der Waals surface area contributed by atoms with Crippen molar-refractivity contribution in [2.24, 2.45) is 0 Å². The van der Waals surface area contributed by atoms with Gasteiger partial charge in [-0.15, -0.1) is 0 Å². The first kappa shape index (κ1) is 16.5. The fourth-order valence-corrected chi connectivity index (χ4v) is 1.96. The van der Waals surface area contributed by atoms with Gasteiger partial charge in [0.15, 0.2) is 0 Å². The molecule has 2 aromatic rings. The van der Waals surface area contributed by atoms with Gasteiger partial charge in [-0.3, -0.25) is 4.98 Å². The highest BCUT2D eigenvalue weighted by molar-refractivity contribution is 5.26. The SMILES string of the molecule is CC(C)(C)NCC(O)c1cncc(OCc2ccccc2)c1. The molecule has 0 saturated heterocycles. The van der Waals surface area contributed by atoms with E-state index >= 15 is 0 Å². The van der Waals surface area contributed by atoms with Crippen LogP contribution in [-0.4, -0.2) is 22.2 Å². The molecule has 0 aliphatic heterocycles. The van der Waals surface area contributed by atoms with E-state index < -0.39 is 6.10 Å². The van der Waals surface area contributed by atoms with Crippen LogP contribution in [0.15, 0.2) is 48.8 Å². The normalized spacial score (nSPS) is 12.9. The molecule has 22 heavy (non-hydrogen) atoms. The van der Waals surface area contributed by atoms with Crippen LogP contribution in [0, 0.1) is 0 Å². The molecule has 4 nitrogen and oxygen atoms in total. The quantitative estimate of drug-likeness (QED) is 0.861. The Hall–Kier alpha value is -1.91. The van der Waals surface area contributed by atoms with Gasteiger partial charge in [-0.25, -0.2) is 0 Å². The van der Waals surface area contributed by atoms with Crippen molar-refractivity contribution in [3.63, 3.8) is 0 Å². The van der Waals surface area contributed by atoms with Gasteiger partial charge in [0, 0.05) is 23.8 Å². The summed E-state index contributed by atoms with van der Waals surface area (Å²) in [6.45, 7) is 7.17. The molecule has 0 amide bonds. The van der Waals surface area contributed by atoms with Gasteiger partial charge in [0.25, 0.3) is 0 Å². The van der Waals surface area contributed by atoms with E-state index in [1.165, 1.54) is 0 Å². The summed E-state index contributed by atoms with van der Waals surface area (Å²) in [5.41, 5.74) is 1.82. The smallest absolute Gasteiger partial charge is 0.138 e. The second-order valence-electron chi connectivity index (χ2n) is 6.37. The maximum Gasteiger partial charge on any atom is 0.138 e. The average Bonchev–Trinajstić information content (AvgIpc) is 2.51. The summed E-state index contributed by atoms with van der Waals surface area (Å²) in [6.07, 6.45) is 2.73. The maximum absolute atomic E-state index is 10.2. The molecule has 1 atom stereocenters.